The van der Waals surface area contributed by atoms with Gasteiger partial charge in [-0.25, -0.2) is 4.98 Å². The summed E-state index contributed by atoms with van der Waals surface area (Å²) in [5.41, 5.74) is 1.26. The van der Waals surface area contributed by atoms with Crippen LogP contribution in [-0.2, 0) is 4.79 Å². The van der Waals surface area contributed by atoms with Gasteiger partial charge in [0, 0.05) is 31.5 Å². The Labute approximate surface area is 133 Å². The molecular weight excluding hydrogens is 298 g/mol. The van der Waals surface area contributed by atoms with E-state index in [1.54, 1.807) is 44.6 Å². The van der Waals surface area contributed by atoms with Gasteiger partial charge in [0.1, 0.15) is 0 Å². The molecule has 0 bridgehead atoms. The molecule has 0 saturated heterocycles. The number of nitrogens with one attached hydrogen (secondary N) is 1. The van der Waals surface area contributed by atoms with Gasteiger partial charge in [0.05, 0.1) is 10.8 Å². The Bertz CT molecular complexity index is 642. The number of hydrogen-bond donors (Lipinski definition) is 1. The molecule has 0 spiro atoms. The van der Waals surface area contributed by atoms with Crippen molar-refractivity contribution in [1.82, 2.24) is 9.88 Å². The summed E-state index contributed by atoms with van der Waals surface area (Å²) in [5.74, 6) is 0.112. The lowest BCUT2D eigenvalue weighted by molar-refractivity contribution is -0.113. The first-order valence-electron chi connectivity index (χ1n) is 6.71. The van der Waals surface area contributed by atoms with Crippen LogP contribution in [0.3, 0.4) is 0 Å². The van der Waals surface area contributed by atoms with Gasteiger partial charge in [-0.1, -0.05) is 17.8 Å². The van der Waals surface area contributed by atoms with Gasteiger partial charge in [-0.3, -0.25) is 9.59 Å². The van der Waals surface area contributed by atoms with E-state index in [4.69, 9.17) is 0 Å². The third-order valence-corrected chi connectivity index (χ3v) is 3.75. The molecule has 5 nitrogen and oxygen atoms in total. The summed E-state index contributed by atoms with van der Waals surface area (Å²) in [6.07, 6.45) is 1.70. The van der Waals surface area contributed by atoms with Crippen LogP contribution >= 0.6 is 11.8 Å². The van der Waals surface area contributed by atoms with Crippen LogP contribution in [0.4, 0.5) is 5.69 Å². The lowest BCUT2D eigenvalue weighted by atomic mass is 10.2. The van der Waals surface area contributed by atoms with Crippen LogP contribution in [0.2, 0.25) is 0 Å². The summed E-state index contributed by atoms with van der Waals surface area (Å²) < 4.78 is 0. The number of hydrogen-bond acceptors (Lipinski definition) is 4. The molecule has 0 fully saturated rings. The smallest absolute Gasteiger partial charge is 0.253 e. The lowest BCUT2D eigenvalue weighted by Crippen LogP contribution is -2.21. The molecule has 114 valence electrons. The molecule has 0 atom stereocenters. The van der Waals surface area contributed by atoms with Crippen LogP contribution in [0.15, 0.2) is 53.7 Å². The van der Waals surface area contributed by atoms with Crippen LogP contribution in [0.25, 0.3) is 0 Å². The highest BCUT2D eigenvalue weighted by Gasteiger charge is 2.08. The molecule has 6 heteroatoms. The van der Waals surface area contributed by atoms with Gasteiger partial charge in [0.25, 0.3) is 5.91 Å². The molecule has 0 aliphatic carbocycles. The SMILES string of the molecule is CN(C)C(=O)c1ccc(NC(=O)CSc2ccccn2)cc1. The fourth-order valence-corrected chi connectivity index (χ4v) is 2.38. The van der Waals surface area contributed by atoms with Crippen LogP contribution < -0.4 is 5.32 Å². The fourth-order valence-electron chi connectivity index (χ4n) is 1.72. The van der Waals surface area contributed by atoms with Crippen molar-refractivity contribution in [2.75, 3.05) is 25.2 Å². The lowest BCUT2D eigenvalue weighted by Gasteiger charge is -2.11. The second kappa shape index (κ2) is 7.61. The van der Waals surface area contributed by atoms with Crippen LogP contribution in [-0.4, -0.2) is 41.5 Å². The molecule has 2 aromatic rings. The van der Waals surface area contributed by atoms with Gasteiger partial charge in [0.2, 0.25) is 5.91 Å². The Balaban J connectivity index is 1.88. The van der Waals surface area contributed by atoms with Crippen LogP contribution in [0.1, 0.15) is 10.4 Å². The summed E-state index contributed by atoms with van der Waals surface area (Å²) in [5, 5.41) is 3.60. The molecule has 0 aliphatic rings. The summed E-state index contributed by atoms with van der Waals surface area (Å²) in [7, 11) is 3.40. The summed E-state index contributed by atoms with van der Waals surface area (Å²) in [6, 6.07) is 12.4. The topological polar surface area (TPSA) is 62.3 Å². The van der Waals surface area contributed by atoms with Crippen molar-refractivity contribution in [3.63, 3.8) is 0 Å². The number of amides is 2. The quantitative estimate of drug-likeness (QED) is 0.861. The predicted octanol–water partition coefficient (Wildman–Crippen LogP) is 2.51. The minimum Gasteiger partial charge on any atom is -0.345 e. The summed E-state index contributed by atoms with van der Waals surface area (Å²) in [6.45, 7) is 0. The standard InChI is InChI=1S/C16H17N3O2S/c1-19(2)16(21)12-6-8-13(9-7-12)18-14(20)11-22-15-5-3-4-10-17-15/h3-10H,11H2,1-2H3,(H,18,20). The third-order valence-electron chi connectivity index (χ3n) is 2.81. The molecule has 1 aromatic carbocycles. The Morgan fingerprint density at radius 1 is 1.14 bits per heavy atom. The maximum Gasteiger partial charge on any atom is 0.253 e. The molecule has 0 unspecified atom stereocenters. The number of anilines is 1. The summed E-state index contributed by atoms with van der Waals surface area (Å²) in [4.78, 5) is 29.3. The zero-order chi connectivity index (χ0) is 15.9. The number of carbonyl (C=O) groups excluding carboxylic acids is 2. The number of aromatic nitrogens is 1. The number of carbonyl (C=O) groups is 2. The second-order valence-corrected chi connectivity index (χ2v) is 5.78. The average molecular weight is 315 g/mol. The zero-order valence-corrected chi connectivity index (χ0v) is 13.3. The molecule has 0 saturated carbocycles. The first kappa shape index (κ1) is 16.0. The minimum absolute atomic E-state index is 0.0661. The molecule has 2 amide bonds. The third kappa shape index (κ3) is 4.60. The molecular formula is C16H17N3O2S. The zero-order valence-electron chi connectivity index (χ0n) is 12.4. The van der Waals surface area contributed by atoms with Gasteiger partial charge in [-0.2, -0.15) is 0 Å². The predicted molar refractivity (Wildman–Crippen MR) is 88.1 cm³/mol. The Kier molecular flexibility index (Phi) is 5.55. The van der Waals surface area contributed by atoms with Crippen molar-refractivity contribution in [2.24, 2.45) is 0 Å². The van der Waals surface area contributed by atoms with E-state index in [2.05, 4.69) is 10.3 Å². The average Bonchev–Trinajstić information content (AvgIpc) is 2.54. The summed E-state index contributed by atoms with van der Waals surface area (Å²) >= 11 is 1.38. The van der Waals surface area contributed by atoms with E-state index in [9.17, 15) is 9.59 Å². The van der Waals surface area contributed by atoms with Crippen molar-refractivity contribution < 1.29 is 9.59 Å². The van der Waals surface area contributed by atoms with E-state index in [1.807, 2.05) is 18.2 Å². The first-order valence-corrected chi connectivity index (χ1v) is 7.70. The van der Waals surface area contributed by atoms with Gasteiger partial charge in [-0.15, -0.1) is 0 Å². The Hall–Kier alpha value is -2.34. The van der Waals surface area contributed by atoms with Gasteiger partial charge in [0.15, 0.2) is 0 Å². The van der Waals surface area contributed by atoms with Crippen LogP contribution in [0.5, 0.6) is 0 Å². The van der Waals surface area contributed by atoms with Crippen molar-refractivity contribution in [3.05, 3.63) is 54.2 Å². The molecule has 0 radical (unpaired) electrons. The monoisotopic (exact) mass is 315 g/mol. The highest BCUT2D eigenvalue weighted by Crippen LogP contribution is 2.15. The van der Waals surface area contributed by atoms with Crippen molar-refractivity contribution in [3.8, 4) is 0 Å². The molecule has 1 N–H and O–H groups in total. The van der Waals surface area contributed by atoms with E-state index in [0.29, 0.717) is 11.3 Å². The number of rotatable bonds is 5. The van der Waals surface area contributed by atoms with E-state index in [0.717, 1.165) is 5.03 Å². The van der Waals surface area contributed by atoms with E-state index in [-0.39, 0.29) is 17.6 Å². The van der Waals surface area contributed by atoms with Gasteiger partial charge >= 0.3 is 0 Å². The van der Waals surface area contributed by atoms with Crippen molar-refractivity contribution in [1.29, 1.82) is 0 Å². The largest absolute Gasteiger partial charge is 0.345 e. The Morgan fingerprint density at radius 3 is 2.45 bits per heavy atom. The van der Waals surface area contributed by atoms with Crippen molar-refractivity contribution >= 4 is 29.3 Å². The number of thioether (sulfide) groups is 1. The first-order chi connectivity index (χ1) is 10.6. The molecule has 22 heavy (non-hydrogen) atoms. The highest BCUT2D eigenvalue weighted by atomic mass is 32.2. The molecule has 1 aromatic heterocycles. The van der Waals surface area contributed by atoms with E-state index in [1.165, 1.54) is 16.7 Å². The maximum atomic E-state index is 11.9. The highest BCUT2D eigenvalue weighted by molar-refractivity contribution is 7.99. The maximum absolute atomic E-state index is 11.9. The second-order valence-electron chi connectivity index (χ2n) is 4.78. The van der Waals surface area contributed by atoms with Gasteiger partial charge < -0.3 is 10.2 Å². The Morgan fingerprint density at radius 2 is 1.86 bits per heavy atom. The fraction of sp³-hybridized carbons (Fsp3) is 0.188. The minimum atomic E-state index is -0.109. The number of nitrogens with zero attached hydrogens (tertiary/aromatic N) is 2. The molecule has 2 rings (SSSR count). The molecule has 0 aliphatic heterocycles. The van der Waals surface area contributed by atoms with Crippen molar-refractivity contribution in [2.45, 2.75) is 5.03 Å². The van der Waals surface area contributed by atoms with Gasteiger partial charge in [-0.05, 0) is 36.4 Å². The number of pyridine rings is 1. The van der Waals surface area contributed by atoms with E-state index < -0.39 is 0 Å². The molecule has 1 heterocycles. The number of benzene rings is 1. The van der Waals surface area contributed by atoms with E-state index >= 15 is 0 Å². The normalized spacial score (nSPS) is 10.1. The van der Waals surface area contributed by atoms with Crippen LogP contribution in [0, 0.1) is 0 Å².